The third kappa shape index (κ3) is 1.75. The molecule has 13 heavy (non-hydrogen) atoms. The molecule has 0 atom stereocenters. The molecule has 1 fully saturated rings. The van der Waals surface area contributed by atoms with Crippen molar-refractivity contribution in [1.29, 1.82) is 0 Å². The van der Waals surface area contributed by atoms with E-state index in [0.29, 0.717) is 6.42 Å². The van der Waals surface area contributed by atoms with Crippen LogP contribution in [0.1, 0.15) is 18.4 Å². The summed E-state index contributed by atoms with van der Waals surface area (Å²) in [7, 11) is 0. The maximum absolute atomic E-state index is 11.5. The van der Waals surface area contributed by atoms with Crippen LogP contribution in [0.15, 0.2) is 24.5 Å². The molecule has 1 aromatic rings. The third-order valence-corrected chi connectivity index (χ3v) is 2.43. The van der Waals surface area contributed by atoms with Gasteiger partial charge in [-0.1, -0.05) is 6.07 Å². The maximum atomic E-state index is 11.5. The van der Waals surface area contributed by atoms with Crippen molar-refractivity contribution in [2.75, 3.05) is 0 Å². The van der Waals surface area contributed by atoms with Crippen LogP contribution in [-0.4, -0.2) is 16.3 Å². The third-order valence-electron chi connectivity index (χ3n) is 2.43. The first-order valence-electron chi connectivity index (χ1n) is 4.42. The SMILES string of the molecule is NC1(C(=O)Cc2cccnc2)CC1. The summed E-state index contributed by atoms with van der Waals surface area (Å²) in [6.45, 7) is 0. The molecule has 2 rings (SSSR count). The molecule has 1 aliphatic carbocycles. The Bertz CT molecular complexity index is 317. The first-order valence-corrected chi connectivity index (χ1v) is 4.42. The van der Waals surface area contributed by atoms with E-state index < -0.39 is 5.54 Å². The predicted octanol–water partition coefficient (Wildman–Crippen LogP) is 0.684. The highest BCUT2D eigenvalue weighted by atomic mass is 16.1. The summed E-state index contributed by atoms with van der Waals surface area (Å²) in [5.74, 6) is 0.139. The Balaban J connectivity index is 2.03. The molecule has 0 amide bonds. The van der Waals surface area contributed by atoms with E-state index in [1.54, 1.807) is 12.4 Å². The lowest BCUT2D eigenvalue weighted by atomic mass is 10.0. The van der Waals surface area contributed by atoms with Crippen LogP contribution < -0.4 is 5.73 Å². The van der Waals surface area contributed by atoms with Gasteiger partial charge in [0.25, 0.3) is 0 Å². The zero-order chi connectivity index (χ0) is 9.31. The van der Waals surface area contributed by atoms with Gasteiger partial charge in [-0.3, -0.25) is 9.78 Å². The van der Waals surface area contributed by atoms with Crippen LogP contribution in [0.5, 0.6) is 0 Å². The van der Waals surface area contributed by atoms with Gasteiger partial charge in [-0.25, -0.2) is 0 Å². The molecule has 0 spiro atoms. The summed E-state index contributed by atoms with van der Waals surface area (Å²) in [4.78, 5) is 15.5. The second kappa shape index (κ2) is 2.92. The monoisotopic (exact) mass is 176 g/mol. The number of carbonyl (C=O) groups excluding carboxylic acids is 1. The standard InChI is InChI=1S/C10H12N2O/c11-10(3-4-10)9(13)6-8-2-1-5-12-7-8/h1-2,5,7H,3-4,6,11H2. The number of nitrogens with zero attached hydrogens (tertiary/aromatic N) is 1. The van der Waals surface area contributed by atoms with Crippen LogP contribution in [0, 0.1) is 0 Å². The van der Waals surface area contributed by atoms with Crippen LogP contribution in [0.3, 0.4) is 0 Å². The molecule has 68 valence electrons. The van der Waals surface area contributed by atoms with E-state index in [-0.39, 0.29) is 5.78 Å². The van der Waals surface area contributed by atoms with Crippen molar-refractivity contribution in [3.05, 3.63) is 30.1 Å². The predicted molar refractivity (Wildman–Crippen MR) is 49.1 cm³/mol. The van der Waals surface area contributed by atoms with Gasteiger partial charge in [0, 0.05) is 18.8 Å². The lowest BCUT2D eigenvalue weighted by Crippen LogP contribution is -2.34. The molecule has 3 nitrogen and oxygen atoms in total. The van der Waals surface area contributed by atoms with E-state index in [4.69, 9.17) is 5.73 Å². The van der Waals surface area contributed by atoms with E-state index in [1.165, 1.54) is 0 Å². The minimum atomic E-state index is -0.504. The van der Waals surface area contributed by atoms with E-state index in [1.807, 2.05) is 12.1 Å². The fraction of sp³-hybridized carbons (Fsp3) is 0.400. The van der Waals surface area contributed by atoms with E-state index in [2.05, 4.69) is 4.98 Å². The average Bonchev–Trinajstić information content (AvgIpc) is 2.87. The first kappa shape index (κ1) is 8.38. The zero-order valence-electron chi connectivity index (χ0n) is 7.36. The summed E-state index contributed by atoms with van der Waals surface area (Å²) in [5, 5.41) is 0. The molecule has 0 bridgehead atoms. The molecule has 0 aromatic carbocycles. The zero-order valence-corrected chi connectivity index (χ0v) is 7.36. The minimum Gasteiger partial charge on any atom is -0.319 e. The van der Waals surface area contributed by atoms with Crippen molar-refractivity contribution >= 4 is 5.78 Å². The number of pyridine rings is 1. The van der Waals surface area contributed by atoms with Crippen molar-refractivity contribution < 1.29 is 4.79 Å². The Morgan fingerprint density at radius 3 is 2.92 bits per heavy atom. The van der Waals surface area contributed by atoms with Gasteiger partial charge in [0.2, 0.25) is 0 Å². The molecule has 3 heteroatoms. The van der Waals surface area contributed by atoms with Gasteiger partial charge < -0.3 is 5.73 Å². The van der Waals surface area contributed by atoms with Crippen molar-refractivity contribution in [3.8, 4) is 0 Å². The summed E-state index contributed by atoms with van der Waals surface area (Å²) < 4.78 is 0. The number of ketones is 1. The normalized spacial score (nSPS) is 18.2. The number of nitrogens with two attached hydrogens (primary N) is 1. The van der Waals surface area contributed by atoms with Crippen molar-refractivity contribution in [2.24, 2.45) is 5.73 Å². The van der Waals surface area contributed by atoms with E-state index in [0.717, 1.165) is 18.4 Å². The van der Waals surface area contributed by atoms with Gasteiger partial charge in [0.15, 0.2) is 5.78 Å². The summed E-state index contributed by atoms with van der Waals surface area (Å²) >= 11 is 0. The highest BCUT2D eigenvalue weighted by molar-refractivity contribution is 5.92. The number of aromatic nitrogens is 1. The Labute approximate surface area is 77.0 Å². The molecule has 0 saturated heterocycles. The fourth-order valence-electron chi connectivity index (χ4n) is 1.28. The molecule has 0 aliphatic heterocycles. The lowest BCUT2D eigenvalue weighted by Gasteiger charge is -2.06. The van der Waals surface area contributed by atoms with Gasteiger partial charge in [-0.15, -0.1) is 0 Å². The lowest BCUT2D eigenvalue weighted by molar-refractivity contribution is -0.120. The second-order valence-corrected chi connectivity index (χ2v) is 3.62. The highest BCUT2D eigenvalue weighted by Gasteiger charge is 2.44. The molecule has 1 heterocycles. The first-order chi connectivity index (χ1) is 6.21. The van der Waals surface area contributed by atoms with Crippen molar-refractivity contribution in [2.45, 2.75) is 24.8 Å². The number of hydrogen-bond acceptors (Lipinski definition) is 3. The Morgan fingerprint density at radius 2 is 2.38 bits per heavy atom. The number of hydrogen-bond donors (Lipinski definition) is 1. The van der Waals surface area contributed by atoms with Crippen LogP contribution in [0.25, 0.3) is 0 Å². The van der Waals surface area contributed by atoms with Gasteiger partial charge in [-0.05, 0) is 24.5 Å². The maximum Gasteiger partial charge on any atom is 0.157 e. The molecule has 0 unspecified atom stereocenters. The van der Waals surface area contributed by atoms with Crippen molar-refractivity contribution in [1.82, 2.24) is 4.98 Å². The molecule has 0 radical (unpaired) electrons. The van der Waals surface area contributed by atoms with Gasteiger partial charge in [0.1, 0.15) is 0 Å². The average molecular weight is 176 g/mol. The Morgan fingerprint density at radius 1 is 1.62 bits per heavy atom. The number of carbonyl (C=O) groups is 1. The van der Waals surface area contributed by atoms with E-state index >= 15 is 0 Å². The highest BCUT2D eigenvalue weighted by Crippen LogP contribution is 2.33. The quantitative estimate of drug-likeness (QED) is 0.737. The molecule has 1 saturated carbocycles. The Hall–Kier alpha value is -1.22. The summed E-state index contributed by atoms with van der Waals surface area (Å²) in [5.41, 5.74) is 6.21. The molecule has 1 aliphatic rings. The van der Waals surface area contributed by atoms with Gasteiger partial charge >= 0.3 is 0 Å². The van der Waals surface area contributed by atoms with Gasteiger partial charge in [-0.2, -0.15) is 0 Å². The van der Waals surface area contributed by atoms with Gasteiger partial charge in [0.05, 0.1) is 5.54 Å². The van der Waals surface area contributed by atoms with Crippen molar-refractivity contribution in [3.63, 3.8) is 0 Å². The van der Waals surface area contributed by atoms with Crippen LogP contribution in [0.4, 0.5) is 0 Å². The molecule has 1 aromatic heterocycles. The number of rotatable bonds is 3. The summed E-state index contributed by atoms with van der Waals surface area (Å²) in [6.07, 6.45) is 5.51. The van der Waals surface area contributed by atoms with Crippen LogP contribution in [0.2, 0.25) is 0 Å². The molecular weight excluding hydrogens is 164 g/mol. The Kier molecular flexibility index (Phi) is 1.88. The smallest absolute Gasteiger partial charge is 0.157 e. The number of Topliss-reactive ketones (excluding diaryl/α,β-unsaturated/α-hetero) is 1. The summed E-state index contributed by atoms with van der Waals surface area (Å²) in [6, 6.07) is 3.73. The topological polar surface area (TPSA) is 56.0 Å². The van der Waals surface area contributed by atoms with Crippen LogP contribution in [-0.2, 0) is 11.2 Å². The fourth-order valence-corrected chi connectivity index (χ4v) is 1.28. The molecular formula is C10H12N2O. The molecule has 2 N–H and O–H groups in total. The minimum absolute atomic E-state index is 0.139. The largest absolute Gasteiger partial charge is 0.319 e. The van der Waals surface area contributed by atoms with Crippen LogP contribution >= 0.6 is 0 Å². The second-order valence-electron chi connectivity index (χ2n) is 3.62. The van der Waals surface area contributed by atoms with E-state index in [9.17, 15) is 4.79 Å².